The summed E-state index contributed by atoms with van der Waals surface area (Å²) in [5.41, 5.74) is 20.9. The third kappa shape index (κ3) is 6.80. The van der Waals surface area contributed by atoms with Crippen molar-refractivity contribution in [1.82, 2.24) is 30.0 Å². The van der Waals surface area contributed by atoms with Gasteiger partial charge in [0.1, 0.15) is 23.9 Å². The fourth-order valence-electron chi connectivity index (χ4n) is 4.73. The first-order valence-corrected chi connectivity index (χ1v) is 13.4. The molecule has 0 bridgehead atoms. The van der Waals surface area contributed by atoms with Crippen LogP contribution < -0.4 is 27.4 Å². The number of benzene rings is 1. The zero-order chi connectivity index (χ0) is 28.6. The van der Waals surface area contributed by atoms with Gasteiger partial charge < -0.3 is 37.4 Å². The first-order valence-electron chi connectivity index (χ1n) is 13.4. The highest BCUT2D eigenvalue weighted by molar-refractivity contribution is 5.70. The molecule has 1 saturated heterocycles. The predicted molar refractivity (Wildman–Crippen MR) is 159 cm³/mol. The van der Waals surface area contributed by atoms with Crippen molar-refractivity contribution in [3.05, 3.63) is 108 Å². The van der Waals surface area contributed by atoms with E-state index in [0.29, 0.717) is 42.4 Å². The molecule has 0 saturated carbocycles. The van der Waals surface area contributed by atoms with Crippen LogP contribution in [0.4, 0.5) is 5.82 Å². The van der Waals surface area contributed by atoms with Crippen LogP contribution in [0.2, 0.25) is 0 Å². The molecule has 2 aromatic heterocycles. The average Bonchev–Trinajstić information content (AvgIpc) is 3.33. The van der Waals surface area contributed by atoms with Crippen molar-refractivity contribution in [2.45, 2.75) is 19.0 Å². The van der Waals surface area contributed by atoms with Gasteiger partial charge in [-0.25, -0.2) is 9.97 Å². The second kappa shape index (κ2) is 12.7. The maximum atomic E-state index is 10.2. The van der Waals surface area contributed by atoms with Crippen LogP contribution in [0.3, 0.4) is 0 Å². The fourth-order valence-corrected chi connectivity index (χ4v) is 4.73. The van der Waals surface area contributed by atoms with Gasteiger partial charge in [-0.3, -0.25) is 4.68 Å². The molecule has 11 heteroatoms. The number of nitrogens with zero attached hydrogens (tertiary/aromatic N) is 6. The van der Waals surface area contributed by atoms with Crippen LogP contribution in [0, 0.1) is 11.8 Å². The van der Waals surface area contributed by atoms with Crippen LogP contribution >= 0.6 is 0 Å². The molecule has 1 fully saturated rings. The number of hydrogen-bond donors (Lipinski definition) is 5. The minimum atomic E-state index is 0.0669. The van der Waals surface area contributed by atoms with E-state index in [0.717, 1.165) is 31.0 Å². The maximum Gasteiger partial charge on any atom is 0.206 e. The number of phenolic OH excluding ortho intramolecular Hbond substituents is 1. The Bertz CT molecular complexity index is 1550. The molecular weight excluding hydrogens is 516 g/mol. The Balaban J connectivity index is 1.22. The van der Waals surface area contributed by atoms with Gasteiger partial charge in [-0.1, -0.05) is 30.2 Å². The van der Waals surface area contributed by atoms with Crippen molar-refractivity contribution in [3.63, 3.8) is 0 Å². The number of nitrogens with two attached hydrogens (primary N) is 3. The van der Waals surface area contributed by atoms with Gasteiger partial charge in [0.25, 0.3) is 0 Å². The van der Waals surface area contributed by atoms with Crippen molar-refractivity contribution in [1.29, 1.82) is 0 Å². The lowest BCUT2D eigenvalue weighted by molar-refractivity contribution is 0.375. The lowest BCUT2D eigenvalue weighted by Gasteiger charge is -2.26. The molecule has 210 valence electrons. The Hall–Kier alpha value is -5.37. The van der Waals surface area contributed by atoms with Crippen LogP contribution in [0.25, 0.3) is 5.70 Å². The van der Waals surface area contributed by atoms with Crippen LogP contribution in [-0.2, 0) is 6.54 Å². The number of para-hydroxylation sites is 1. The van der Waals surface area contributed by atoms with Crippen molar-refractivity contribution in [3.8, 4) is 17.6 Å². The summed E-state index contributed by atoms with van der Waals surface area (Å²) >= 11 is 0. The van der Waals surface area contributed by atoms with Crippen LogP contribution in [0.5, 0.6) is 5.75 Å². The summed E-state index contributed by atoms with van der Waals surface area (Å²) in [6.45, 7) is 3.32. The molecule has 1 atom stereocenters. The highest BCUT2D eigenvalue weighted by Crippen LogP contribution is 2.24. The number of hydrogen-bond acceptors (Lipinski definition) is 10. The van der Waals surface area contributed by atoms with E-state index in [1.54, 1.807) is 35.2 Å². The first-order chi connectivity index (χ1) is 20.0. The molecule has 41 heavy (non-hydrogen) atoms. The van der Waals surface area contributed by atoms with Crippen molar-refractivity contribution in [2.24, 2.45) is 17.2 Å². The van der Waals surface area contributed by atoms with Gasteiger partial charge in [-0.2, -0.15) is 5.10 Å². The summed E-state index contributed by atoms with van der Waals surface area (Å²) in [6, 6.07) is 10.8. The molecule has 8 N–H and O–H groups in total. The van der Waals surface area contributed by atoms with E-state index in [1.807, 2.05) is 42.7 Å². The maximum absolute atomic E-state index is 10.2. The number of aromatic hydroxyl groups is 1. The molecule has 0 amide bonds. The molecular formula is C30H34N10O. The number of aromatic nitrogens is 4. The van der Waals surface area contributed by atoms with Crippen molar-refractivity contribution < 1.29 is 5.11 Å². The highest BCUT2D eigenvalue weighted by Gasteiger charge is 2.19. The number of phenols is 1. The Morgan fingerprint density at radius 3 is 2.76 bits per heavy atom. The summed E-state index contributed by atoms with van der Waals surface area (Å²) in [4.78, 5) is 13.3. The van der Waals surface area contributed by atoms with E-state index in [9.17, 15) is 5.11 Å². The Morgan fingerprint density at radius 1 is 1.07 bits per heavy atom. The lowest BCUT2D eigenvalue weighted by Crippen LogP contribution is -2.33. The van der Waals surface area contributed by atoms with Gasteiger partial charge in [-0.05, 0) is 55.0 Å². The number of nitrogens with one attached hydrogen (secondary N) is 1. The number of rotatable bonds is 6. The molecule has 11 nitrogen and oxygen atoms in total. The van der Waals surface area contributed by atoms with Gasteiger partial charge in [-0.15, -0.1) is 0 Å². The summed E-state index contributed by atoms with van der Waals surface area (Å²) in [7, 11) is 0. The van der Waals surface area contributed by atoms with Gasteiger partial charge in [0.2, 0.25) is 5.82 Å². The first kappa shape index (κ1) is 27.2. The molecule has 2 aliphatic rings. The standard InChI is InChI=1S/C30H34N10O/c31-23(22-7-1-2-9-27(22)41)21-26(30(32)33)38-15-6-16-39(20-19-38)29-11-14-35-28(36-29)10-5-17-40-18-12-25(37-40)24-8-3-4-13-34-24/h1-4,7-9,11-14,18,21,24,34,41H,6,15-17,19-20,31-33H2/b23-21-. The van der Waals surface area contributed by atoms with Crippen molar-refractivity contribution in [2.75, 3.05) is 31.1 Å². The van der Waals surface area contributed by atoms with E-state index in [4.69, 9.17) is 22.2 Å². The Morgan fingerprint density at radius 2 is 1.95 bits per heavy atom. The van der Waals surface area contributed by atoms with E-state index in [1.165, 1.54) is 0 Å². The van der Waals surface area contributed by atoms with Gasteiger partial charge in [0.15, 0.2) is 0 Å². The smallest absolute Gasteiger partial charge is 0.206 e. The van der Waals surface area contributed by atoms with Gasteiger partial charge in [0.05, 0.1) is 17.4 Å². The minimum absolute atomic E-state index is 0.0669. The second-order valence-corrected chi connectivity index (χ2v) is 9.65. The molecule has 1 aromatic carbocycles. The van der Waals surface area contributed by atoms with E-state index in [2.05, 4.69) is 43.1 Å². The molecule has 4 heterocycles. The quantitative estimate of drug-likeness (QED) is 0.226. The fraction of sp³-hybridized carbons (Fsp3) is 0.233. The van der Waals surface area contributed by atoms with Crippen LogP contribution in [0.15, 0.2) is 90.8 Å². The number of dihydropyridines is 1. The second-order valence-electron chi connectivity index (χ2n) is 9.65. The van der Waals surface area contributed by atoms with Crippen LogP contribution in [-0.4, -0.2) is 55.9 Å². The normalized spacial score (nSPS) is 16.9. The summed E-state index contributed by atoms with van der Waals surface area (Å²) < 4.78 is 1.80. The molecule has 0 spiro atoms. The van der Waals surface area contributed by atoms with Crippen LogP contribution in [0.1, 0.15) is 29.5 Å². The van der Waals surface area contributed by atoms with Gasteiger partial charge in [0, 0.05) is 49.8 Å². The van der Waals surface area contributed by atoms with Gasteiger partial charge >= 0.3 is 0 Å². The van der Waals surface area contributed by atoms with E-state index >= 15 is 0 Å². The molecule has 1 unspecified atom stereocenters. The molecule has 3 aromatic rings. The largest absolute Gasteiger partial charge is 0.507 e. The third-order valence-electron chi connectivity index (χ3n) is 6.81. The zero-order valence-electron chi connectivity index (χ0n) is 22.7. The third-order valence-corrected chi connectivity index (χ3v) is 6.81. The predicted octanol–water partition coefficient (Wildman–Crippen LogP) is 1.74. The van der Waals surface area contributed by atoms with E-state index in [-0.39, 0.29) is 17.6 Å². The summed E-state index contributed by atoms with van der Waals surface area (Å²) in [6.07, 6.45) is 14.1. The van der Waals surface area contributed by atoms with Crippen molar-refractivity contribution >= 4 is 11.5 Å². The number of anilines is 1. The summed E-state index contributed by atoms with van der Waals surface area (Å²) in [5, 5.41) is 18.1. The SMILES string of the molecule is NC(N)=C(/C=C(\N)c1ccccc1O)N1CCCN(c2ccnc(C#CCn3ccc(C4C=CC=CN4)n3)n2)CC1. The average molecular weight is 551 g/mol. The molecule has 5 rings (SSSR count). The molecule has 0 aliphatic carbocycles. The number of allylic oxidation sites excluding steroid dienone is 3. The topological polar surface area (TPSA) is 160 Å². The minimum Gasteiger partial charge on any atom is -0.507 e. The monoisotopic (exact) mass is 550 g/mol. The Kier molecular flexibility index (Phi) is 8.40. The molecule has 2 aliphatic heterocycles. The summed E-state index contributed by atoms with van der Waals surface area (Å²) in [5.74, 6) is 7.73. The zero-order valence-corrected chi connectivity index (χ0v) is 22.7. The Labute approximate surface area is 239 Å². The molecule has 0 radical (unpaired) electrons. The van der Waals surface area contributed by atoms with E-state index < -0.39 is 0 Å². The lowest BCUT2D eigenvalue weighted by atomic mass is 10.1. The highest BCUT2D eigenvalue weighted by atomic mass is 16.3.